The Morgan fingerprint density at radius 3 is 2.20 bits per heavy atom. The van der Waals surface area contributed by atoms with Crippen LogP contribution in [0.1, 0.15) is 26.4 Å². The van der Waals surface area contributed by atoms with Gasteiger partial charge in [0.2, 0.25) is 0 Å². The number of rotatable bonds is 4. The van der Waals surface area contributed by atoms with Crippen LogP contribution in [0, 0.1) is 5.82 Å². The molecule has 0 bridgehead atoms. The van der Waals surface area contributed by atoms with Gasteiger partial charge in [-0.25, -0.2) is 4.39 Å². The van der Waals surface area contributed by atoms with Gasteiger partial charge in [-0.05, 0) is 35.9 Å². The first-order valence-electron chi connectivity index (χ1n) is 9.75. The van der Waals surface area contributed by atoms with Crippen molar-refractivity contribution in [2.45, 2.75) is 6.54 Å². The molecule has 4 rings (SSSR count). The van der Waals surface area contributed by atoms with Crippen LogP contribution < -0.4 is 0 Å². The van der Waals surface area contributed by atoms with Crippen molar-refractivity contribution in [2.24, 2.45) is 0 Å². The zero-order chi connectivity index (χ0) is 21.1. The molecular formula is C23H21ClFN3O2. The zero-order valence-corrected chi connectivity index (χ0v) is 17.1. The van der Waals surface area contributed by atoms with Crippen LogP contribution in [-0.4, -0.2) is 52.4 Å². The fraction of sp³-hybridized carbons (Fsp3) is 0.217. The average Bonchev–Trinajstić information content (AvgIpc) is 3.22. The van der Waals surface area contributed by atoms with Gasteiger partial charge in [0.25, 0.3) is 11.8 Å². The fourth-order valence-electron chi connectivity index (χ4n) is 3.63. The van der Waals surface area contributed by atoms with E-state index in [0.717, 1.165) is 11.6 Å². The van der Waals surface area contributed by atoms with E-state index in [1.54, 1.807) is 9.80 Å². The molecule has 1 fully saturated rings. The largest absolute Gasteiger partial charge is 0.339 e. The number of carbonyl (C=O) groups is 2. The summed E-state index contributed by atoms with van der Waals surface area (Å²) in [5, 5.41) is 0.0947. The number of halogens is 2. The minimum Gasteiger partial charge on any atom is -0.339 e. The fourth-order valence-corrected chi connectivity index (χ4v) is 3.88. The summed E-state index contributed by atoms with van der Waals surface area (Å²) >= 11 is 6.02. The monoisotopic (exact) mass is 425 g/mol. The molecule has 1 aliphatic rings. The molecule has 0 unspecified atom stereocenters. The van der Waals surface area contributed by atoms with Crippen LogP contribution in [0.5, 0.6) is 0 Å². The lowest BCUT2D eigenvalue weighted by Crippen LogP contribution is -2.51. The van der Waals surface area contributed by atoms with Gasteiger partial charge in [0.1, 0.15) is 11.5 Å². The second kappa shape index (κ2) is 8.71. The molecule has 0 N–H and O–H groups in total. The highest BCUT2D eigenvalue weighted by Gasteiger charge is 2.27. The third-order valence-corrected chi connectivity index (χ3v) is 5.57. The third kappa shape index (κ3) is 4.24. The Kier molecular flexibility index (Phi) is 5.86. The molecule has 2 aromatic carbocycles. The minimum atomic E-state index is -0.481. The smallest absolute Gasteiger partial charge is 0.270 e. The molecular weight excluding hydrogens is 405 g/mol. The Hall–Kier alpha value is -3.12. The maximum Gasteiger partial charge on any atom is 0.270 e. The molecule has 7 heteroatoms. The molecule has 5 nitrogen and oxygen atoms in total. The normalized spacial score (nSPS) is 14.1. The highest BCUT2D eigenvalue weighted by molar-refractivity contribution is 6.33. The Bertz CT molecular complexity index is 1060. The van der Waals surface area contributed by atoms with Gasteiger partial charge in [-0.15, -0.1) is 0 Å². The van der Waals surface area contributed by atoms with Crippen molar-refractivity contribution < 1.29 is 14.0 Å². The summed E-state index contributed by atoms with van der Waals surface area (Å²) in [6, 6.07) is 17.4. The van der Waals surface area contributed by atoms with E-state index < -0.39 is 5.82 Å². The average molecular weight is 426 g/mol. The lowest BCUT2D eigenvalue weighted by Gasteiger charge is -2.35. The van der Waals surface area contributed by atoms with Crippen LogP contribution >= 0.6 is 11.6 Å². The summed E-state index contributed by atoms with van der Waals surface area (Å²) in [5.74, 6) is -0.784. The first-order valence-corrected chi connectivity index (χ1v) is 10.1. The van der Waals surface area contributed by atoms with Crippen molar-refractivity contribution in [1.82, 2.24) is 14.4 Å². The standard InChI is InChI=1S/C23H21ClFN3O2/c24-20-15-18(25)8-9-19(20)22(29)26-11-13-27(14-12-26)23(30)21-7-4-10-28(21)16-17-5-2-1-3-6-17/h1-10,15H,11-14,16H2. The Labute approximate surface area is 179 Å². The molecule has 1 aromatic heterocycles. The van der Waals surface area contributed by atoms with Crippen LogP contribution in [0.3, 0.4) is 0 Å². The number of piperazine rings is 1. The zero-order valence-electron chi connectivity index (χ0n) is 16.3. The maximum atomic E-state index is 13.2. The van der Waals surface area contributed by atoms with Crippen LogP contribution in [0.15, 0.2) is 66.9 Å². The predicted octanol–water partition coefficient (Wildman–Crippen LogP) is 3.93. The van der Waals surface area contributed by atoms with Gasteiger partial charge in [-0.2, -0.15) is 0 Å². The second-order valence-electron chi connectivity index (χ2n) is 7.22. The Morgan fingerprint density at radius 2 is 1.53 bits per heavy atom. The molecule has 0 spiro atoms. The first-order chi connectivity index (χ1) is 14.5. The highest BCUT2D eigenvalue weighted by Crippen LogP contribution is 2.20. The van der Waals surface area contributed by atoms with Crippen molar-refractivity contribution in [2.75, 3.05) is 26.2 Å². The van der Waals surface area contributed by atoms with Crippen LogP contribution in [0.25, 0.3) is 0 Å². The van der Waals surface area contributed by atoms with Gasteiger partial charge < -0.3 is 14.4 Å². The van der Waals surface area contributed by atoms with E-state index in [-0.39, 0.29) is 22.4 Å². The van der Waals surface area contributed by atoms with E-state index in [2.05, 4.69) is 0 Å². The predicted molar refractivity (Wildman–Crippen MR) is 113 cm³/mol. The minimum absolute atomic E-state index is 0.0529. The molecule has 1 saturated heterocycles. The number of hydrogen-bond acceptors (Lipinski definition) is 2. The van der Waals surface area contributed by atoms with Crippen LogP contribution in [-0.2, 0) is 6.54 Å². The molecule has 2 heterocycles. The van der Waals surface area contributed by atoms with Crippen molar-refractivity contribution in [3.63, 3.8) is 0 Å². The van der Waals surface area contributed by atoms with Crippen molar-refractivity contribution >= 4 is 23.4 Å². The summed E-state index contributed by atoms with van der Waals surface area (Å²) in [6.07, 6.45) is 1.90. The number of carbonyl (C=O) groups excluding carboxylic acids is 2. The molecule has 0 saturated carbocycles. The summed E-state index contributed by atoms with van der Waals surface area (Å²) in [5.41, 5.74) is 2.02. The van der Waals surface area contributed by atoms with Gasteiger partial charge >= 0.3 is 0 Å². The molecule has 1 aliphatic heterocycles. The van der Waals surface area contributed by atoms with E-state index in [9.17, 15) is 14.0 Å². The summed E-state index contributed by atoms with van der Waals surface area (Å²) in [6.45, 7) is 2.28. The molecule has 3 aromatic rings. The number of hydrogen-bond donors (Lipinski definition) is 0. The quantitative estimate of drug-likeness (QED) is 0.635. The molecule has 0 aliphatic carbocycles. The number of nitrogens with zero attached hydrogens (tertiary/aromatic N) is 3. The van der Waals surface area contributed by atoms with Crippen molar-refractivity contribution in [3.8, 4) is 0 Å². The lowest BCUT2D eigenvalue weighted by atomic mass is 10.1. The van der Waals surface area contributed by atoms with Gasteiger partial charge in [-0.3, -0.25) is 9.59 Å². The van der Waals surface area contributed by atoms with Gasteiger partial charge in [0.05, 0.1) is 10.6 Å². The van der Waals surface area contributed by atoms with E-state index in [0.29, 0.717) is 38.4 Å². The van der Waals surface area contributed by atoms with Gasteiger partial charge in [-0.1, -0.05) is 41.9 Å². The highest BCUT2D eigenvalue weighted by atomic mass is 35.5. The topological polar surface area (TPSA) is 45.6 Å². The van der Waals surface area contributed by atoms with Gasteiger partial charge in [0.15, 0.2) is 0 Å². The van der Waals surface area contributed by atoms with E-state index in [4.69, 9.17) is 11.6 Å². The summed E-state index contributed by atoms with van der Waals surface area (Å²) < 4.78 is 15.2. The summed E-state index contributed by atoms with van der Waals surface area (Å²) in [7, 11) is 0. The third-order valence-electron chi connectivity index (χ3n) is 5.26. The molecule has 0 radical (unpaired) electrons. The van der Waals surface area contributed by atoms with Crippen LogP contribution in [0.2, 0.25) is 5.02 Å². The molecule has 154 valence electrons. The van der Waals surface area contributed by atoms with Crippen LogP contribution in [0.4, 0.5) is 4.39 Å². The maximum absolute atomic E-state index is 13.2. The second-order valence-corrected chi connectivity index (χ2v) is 7.62. The van der Waals surface area contributed by atoms with E-state index in [1.165, 1.54) is 12.1 Å². The molecule has 2 amide bonds. The number of amides is 2. The Balaban J connectivity index is 1.40. The lowest BCUT2D eigenvalue weighted by molar-refractivity contribution is 0.0530. The Morgan fingerprint density at radius 1 is 0.867 bits per heavy atom. The molecule has 30 heavy (non-hydrogen) atoms. The van der Waals surface area contributed by atoms with Crippen molar-refractivity contribution in [3.05, 3.63) is 94.5 Å². The van der Waals surface area contributed by atoms with E-state index >= 15 is 0 Å². The SMILES string of the molecule is O=C(c1ccc(F)cc1Cl)N1CCN(C(=O)c2cccn2Cc2ccccc2)CC1. The van der Waals surface area contributed by atoms with Crippen molar-refractivity contribution in [1.29, 1.82) is 0 Å². The van der Waals surface area contributed by atoms with Gasteiger partial charge in [0, 0.05) is 38.9 Å². The number of benzene rings is 2. The van der Waals surface area contributed by atoms with E-state index in [1.807, 2.05) is 53.2 Å². The summed E-state index contributed by atoms with van der Waals surface area (Å²) in [4.78, 5) is 29.2. The number of aromatic nitrogens is 1. The first kappa shape index (κ1) is 20.2. The molecule has 0 atom stereocenters.